The van der Waals surface area contributed by atoms with Gasteiger partial charge in [0.1, 0.15) is 34.4 Å². The number of rotatable bonds is 6. The highest BCUT2D eigenvalue weighted by Gasteiger charge is 2.40. The topological polar surface area (TPSA) is 84.2 Å². The van der Waals surface area contributed by atoms with Crippen LogP contribution in [0.1, 0.15) is 13.3 Å². The number of carbonyl (C=O) groups excluding carboxylic acids is 1. The number of hydrogen-bond acceptors (Lipinski definition) is 6. The molecule has 1 aromatic heterocycles. The summed E-state index contributed by atoms with van der Waals surface area (Å²) < 4.78 is 17.6. The zero-order chi connectivity index (χ0) is 24.6. The molecule has 2 heterocycles. The summed E-state index contributed by atoms with van der Waals surface area (Å²) in [5, 5.41) is 16.3. The van der Waals surface area contributed by atoms with Gasteiger partial charge in [-0.2, -0.15) is 0 Å². The molecule has 1 saturated heterocycles. The molecule has 35 heavy (non-hydrogen) atoms. The van der Waals surface area contributed by atoms with E-state index < -0.39 is 11.7 Å². The minimum absolute atomic E-state index is 0.146. The smallest absolute Gasteiger partial charge is 0.238 e. The highest BCUT2D eigenvalue weighted by Crippen LogP contribution is 2.36. The highest BCUT2D eigenvalue weighted by atomic mass is 35.5. The first-order valence-electron chi connectivity index (χ1n) is 11.5. The van der Waals surface area contributed by atoms with Crippen molar-refractivity contribution in [3.8, 4) is 11.5 Å². The third-order valence-corrected chi connectivity index (χ3v) is 6.70. The van der Waals surface area contributed by atoms with E-state index in [2.05, 4.69) is 5.32 Å². The molecule has 0 unspecified atom stereocenters. The lowest BCUT2D eigenvalue weighted by molar-refractivity contribution is -0.122. The summed E-state index contributed by atoms with van der Waals surface area (Å²) in [5.41, 5.74) is 0.968. The first kappa shape index (κ1) is 23.5. The number of piperidine rings is 1. The van der Waals surface area contributed by atoms with E-state index in [0.717, 1.165) is 16.4 Å². The SMILES string of the molecule is COc1cc2c(cc1NC(=O)CN1CC[C@](C)(O)[C@@H](Oc3cccc(Cl)c3)C1)oc1ccccc12. The van der Waals surface area contributed by atoms with Crippen LogP contribution in [0.3, 0.4) is 0 Å². The summed E-state index contributed by atoms with van der Waals surface area (Å²) in [6.45, 7) is 2.86. The predicted molar refractivity (Wildman–Crippen MR) is 136 cm³/mol. The number of aliphatic hydroxyl groups is 1. The van der Waals surface area contributed by atoms with E-state index in [9.17, 15) is 9.90 Å². The lowest BCUT2D eigenvalue weighted by atomic mass is 9.90. The van der Waals surface area contributed by atoms with Gasteiger partial charge in [-0.15, -0.1) is 0 Å². The number of hydrogen-bond donors (Lipinski definition) is 2. The summed E-state index contributed by atoms with van der Waals surface area (Å²) >= 11 is 6.07. The largest absolute Gasteiger partial charge is 0.495 e. The minimum Gasteiger partial charge on any atom is -0.495 e. The monoisotopic (exact) mass is 494 g/mol. The van der Waals surface area contributed by atoms with Gasteiger partial charge in [-0.25, -0.2) is 0 Å². The van der Waals surface area contributed by atoms with Crippen molar-refractivity contribution in [2.75, 3.05) is 32.1 Å². The number of benzene rings is 3. The van der Waals surface area contributed by atoms with E-state index in [0.29, 0.717) is 47.3 Å². The second-order valence-electron chi connectivity index (χ2n) is 9.10. The van der Waals surface area contributed by atoms with Gasteiger partial charge in [-0.3, -0.25) is 9.69 Å². The molecule has 1 aliphatic rings. The summed E-state index contributed by atoms with van der Waals surface area (Å²) in [6, 6.07) is 18.5. The van der Waals surface area contributed by atoms with Crippen LogP contribution in [0.5, 0.6) is 11.5 Å². The maximum Gasteiger partial charge on any atom is 0.238 e. The maximum absolute atomic E-state index is 13.0. The summed E-state index contributed by atoms with van der Waals surface area (Å²) in [4.78, 5) is 14.9. The first-order chi connectivity index (χ1) is 16.8. The van der Waals surface area contributed by atoms with Crippen LogP contribution in [0.25, 0.3) is 21.9 Å². The van der Waals surface area contributed by atoms with Gasteiger partial charge in [-0.05, 0) is 43.7 Å². The zero-order valence-electron chi connectivity index (χ0n) is 19.6. The average Bonchev–Trinajstić information content (AvgIpc) is 3.18. The summed E-state index contributed by atoms with van der Waals surface area (Å²) in [6.07, 6.45) is -0.0382. The molecule has 2 N–H and O–H groups in total. The molecule has 0 saturated carbocycles. The third-order valence-electron chi connectivity index (χ3n) is 6.47. The average molecular weight is 495 g/mol. The molecule has 7 nitrogen and oxygen atoms in total. The maximum atomic E-state index is 13.0. The number of nitrogens with one attached hydrogen (secondary N) is 1. The number of anilines is 1. The molecule has 0 spiro atoms. The van der Waals surface area contributed by atoms with Crippen LogP contribution in [0.4, 0.5) is 5.69 Å². The van der Waals surface area contributed by atoms with Gasteiger partial charge in [0, 0.05) is 35.0 Å². The number of para-hydroxylation sites is 1. The van der Waals surface area contributed by atoms with Crippen molar-refractivity contribution in [3.63, 3.8) is 0 Å². The van der Waals surface area contributed by atoms with Gasteiger partial charge in [0.25, 0.3) is 0 Å². The Morgan fingerprint density at radius 1 is 1.17 bits per heavy atom. The van der Waals surface area contributed by atoms with E-state index in [-0.39, 0.29) is 12.5 Å². The van der Waals surface area contributed by atoms with E-state index in [4.69, 9.17) is 25.5 Å². The third kappa shape index (κ3) is 4.93. The molecule has 1 amide bonds. The number of likely N-dealkylation sites (tertiary alicyclic amines) is 1. The standard InChI is InChI=1S/C27H27ClN2O5/c1-27(32)10-11-30(15-25(27)34-18-7-5-6-17(28)12-18)16-26(31)29-21-14-23-20(13-24(21)33-2)19-8-3-4-9-22(19)35-23/h3-9,12-14,25,32H,10-11,15-16H2,1-2H3,(H,29,31)/t25-,27-/m0/s1. The van der Waals surface area contributed by atoms with Crippen LogP contribution in [-0.4, -0.2) is 54.4 Å². The summed E-state index contributed by atoms with van der Waals surface area (Å²) in [5.74, 6) is 0.945. The van der Waals surface area contributed by atoms with Crippen molar-refractivity contribution in [1.82, 2.24) is 4.90 Å². The van der Waals surface area contributed by atoms with Gasteiger partial charge in [0.2, 0.25) is 5.91 Å². The first-order valence-corrected chi connectivity index (χ1v) is 11.9. The molecule has 8 heteroatoms. The Bertz CT molecular complexity index is 1380. The van der Waals surface area contributed by atoms with E-state index >= 15 is 0 Å². The number of nitrogens with zero attached hydrogens (tertiary/aromatic N) is 1. The van der Waals surface area contributed by atoms with Crippen LogP contribution in [-0.2, 0) is 4.79 Å². The van der Waals surface area contributed by atoms with Gasteiger partial charge in [0.05, 0.1) is 19.3 Å². The number of furan rings is 1. The van der Waals surface area contributed by atoms with E-state index in [1.54, 1.807) is 44.4 Å². The number of carbonyl (C=O) groups is 1. The van der Waals surface area contributed by atoms with Crippen LogP contribution in [0.15, 0.2) is 65.1 Å². The van der Waals surface area contributed by atoms with Crippen molar-refractivity contribution in [1.29, 1.82) is 0 Å². The lowest BCUT2D eigenvalue weighted by Crippen LogP contribution is -2.57. The fourth-order valence-electron chi connectivity index (χ4n) is 4.49. The van der Waals surface area contributed by atoms with Crippen LogP contribution in [0, 0.1) is 0 Å². The molecule has 0 aliphatic carbocycles. The molecule has 4 aromatic rings. The van der Waals surface area contributed by atoms with Crippen molar-refractivity contribution >= 4 is 45.1 Å². The van der Waals surface area contributed by atoms with Crippen molar-refractivity contribution in [2.45, 2.75) is 25.0 Å². The molecule has 5 rings (SSSR count). The molecule has 0 radical (unpaired) electrons. The molecule has 1 aliphatic heterocycles. The van der Waals surface area contributed by atoms with Gasteiger partial charge >= 0.3 is 0 Å². The van der Waals surface area contributed by atoms with Crippen LogP contribution >= 0.6 is 11.6 Å². The van der Waals surface area contributed by atoms with E-state index in [1.807, 2.05) is 35.2 Å². The van der Waals surface area contributed by atoms with Crippen molar-refractivity contribution < 1.29 is 23.8 Å². The van der Waals surface area contributed by atoms with Crippen molar-refractivity contribution in [3.05, 3.63) is 65.7 Å². The number of amides is 1. The molecule has 182 valence electrons. The normalized spacial score (nSPS) is 20.7. The molecular weight excluding hydrogens is 468 g/mol. The Hall–Kier alpha value is -3.26. The number of ether oxygens (including phenoxy) is 2. The molecule has 3 aromatic carbocycles. The highest BCUT2D eigenvalue weighted by molar-refractivity contribution is 6.30. The summed E-state index contributed by atoms with van der Waals surface area (Å²) in [7, 11) is 1.57. The minimum atomic E-state index is -1.02. The second kappa shape index (κ2) is 9.41. The number of halogens is 1. The lowest BCUT2D eigenvalue weighted by Gasteiger charge is -2.42. The Balaban J connectivity index is 1.30. The van der Waals surface area contributed by atoms with Gasteiger partial charge in [-0.1, -0.05) is 35.9 Å². The zero-order valence-corrected chi connectivity index (χ0v) is 20.3. The van der Waals surface area contributed by atoms with E-state index in [1.165, 1.54) is 0 Å². The Morgan fingerprint density at radius 3 is 2.80 bits per heavy atom. The molecule has 2 atom stereocenters. The number of methoxy groups -OCH3 is 1. The second-order valence-corrected chi connectivity index (χ2v) is 9.54. The fraction of sp³-hybridized carbons (Fsp3) is 0.296. The predicted octanol–water partition coefficient (Wildman–Crippen LogP) is 5.09. The van der Waals surface area contributed by atoms with Gasteiger partial charge in [0.15, 0.2) is 0 Å². The fourth-order valence-corrected chi connectivity index (χ4v) is 4.67. The molecule has 1 fully saturated rings. The molecular formula is C27H27ClN2O5. The Morgan fingerprint density at radius 2 is 2.00 bits per heavy atom. The number of fused-ring (bicyclic) bond motifs is 3. The van der Waals surface area contributed by atoms with Gasteiger partial charge < -0.3 is 24.3 Å². The van der Waals surface area contributed by atoms with Crippen molar-refractivity contribution in [2.24, 2.45) is 0 Å². The quantitative estimate of drug-likeness (QED) is 0.388. The Kier molecular flexibility index (Phi) is 6.32. The molecule has 0 bridgehead atoms. The van der Waals surface area contributed by atoms with Crippen LogP contribution < -0.4 is 14.8 Å². The van der Waals surface area contributed by atoms with Crippen LogP contribution in [0.2, 0.25) is 5.02 Å². The Labute approximate surface area is 208 Å².